The zero-order valence-electron chi connectivity index (χ0n) is 17.4. The second kappa shape index (κ2) is 7.67. The third-order valence-electron chi connectivity index (χ3n) is 6.47. The van der Waals surface area contributed by atoms with Crippen LogP contribution in [0.3, 0.4) is 0 Å². The minimum Gasteiger partial charge on any atom is -0.466 e. The Labute approximate surface area is 171 Å². The summed E-state index contributed by atoms with van der Waals surface area (Å²) in [7, 11) is 2.03. The number of rotatable bonds is 3. The lowest BCUT2D eigenvalue weighted by atomic mass is 9.76. The number of carbonyl (C=O) groups excluding carboxylic acids is 2. The summed E-state index contributed by atoms with van der Waals surface area (Å²) < 4.78 is 5.52. The maximum absolute atomic E-state index is 12.9. The second-order valence-electron chi connectivity index (χ2n) is 8.61. The van der Waals surface area contributed by atoms with Crippen LogP contribution in [0.15, 0.2) is 40.8 Å². The van der Waals surface area contributed by atoms with Gasteiger partial charge in [0, 0.05) is 25.3 Å². The molecule has 2 aromatic rings. The molecule has 2 saturated heterocycles. The van der Waals surface area contributed by atoms with Crippen molar-refractivity contribution in [3.05, 3.63) is 53.5 Å². The van der Waals surface area contributed by atoms with Crippen LogP contribution in [0, 0.1) is 19.3 Å². The number of likely N-dealkylation sites (tertiary alicyclic amines) is 2. The van der Waals surface area contributed by atoms with Gasteiger partial charge in [0.05, 0.1) is 11.6 Å². The van der Waals surface area contributed by atoms with E-state index in [2.05, 4.69) is 10.2 Å². The molecule has 2 amide bonds. The van der Waals surface area contributed by atoms with E-state index in [0.29, 0.717) is 11.3 Å². The SMILES string of the molecule is Cc1cc(C(=O)N2CCC3(CC2)CC(C(=O)Nc2ccccc2)N(C)C3)c(C)o1. The Hall–Kier alpha value is -2.60. The fourth-order valence-electron chi connectivity index (χ4n) is 4.87. The normalized spacial score (nSPS) is 21.5. The van der Waals surface area contributed by atoms with Crippen molar-refractivity contribution in [3.63, 3.8) is 0 Å². The zero-order chi connectivity index (χ0) is 20.6. The van der Waals surface area contributed by atoms with Crippen LogP contribution in [0.5, 0.6) is 0 Å². The topological polar surface area (TPSA) is 65.8 Å². The number of amides is 2. The highest BCUT2D eigenvalue weighted by Crippen LogP contribution is 2.43. The third kappa shape index (κ3) is 3.94. The first-order valence-corrected chi connectivity index (χ1v) is 10.3. The average molecular weight is 396 g/mol. The number of likely N-dealkylation sites (N-methyl/N-ethyl adjacent to an activating group) is 1. The molecular formula is C23H29N3O3. The molecular weight excluding hydrogens is 366 g/mol. The number of piperidine rings is 1. The van der Waals surface area contributed by atoms with E-state index in [-0.39, 0.29) is 23.3 Å². The van der Waals surface area contributed by atoms with Crippen LogP contribution in [0.2, 0.25) is 0 Å². The molecule has 1 aromatic heterocycles. The van der Waals surface area contributed by atoms with Crippen molar-refractivity contribution in [2.45, 2.75) is 39.2 Å². The van der Waals surface area contributed by atoms with Crippen molar-refractivity contribution in [1.29, 1.82) is 0 Å². The van der Waals surface area contributed by atoms with Gasteiger partial charge in [0.25, 0.3) is 5.91 Å². The summed E-state index contributed by atoms with van der Waals surface area (Å²) in [4.78, 5) is 29.8. The predicted octanol–water partition coefficient (Wildman–Crippen LogP) is 3.46. The summed E-state index contributed by atoms with van der Waals surface area (Å²) in [6, 6.07) is 11.3. The number of carbonyl (C=O) groups is 2. The van der Waals surface area contributed by atoms with Gasteiger partial charge in [-0.25, -0.2) is 0 Å². The smallest absolute Gasteiger partial charge is 0.257 e. The number of benzene rings is 1. The van der Waals surface area contributed by atoms with Crippen molar-refractivity contribution in [3.8, 4) is 0 Å². The number of nitrogens with one attached hydrogen (secondary N) is 1. The van der Waals surface area contributed by atoms with Gasteiger partial charge in [-0.05, 0) is 63.8 Å². The first kappa shape index (κ1) is 19.7. The number of hydrogen-bond donors (Lipinski definition) is 1. The number of anilines is 1. The zero-order valence-corrected chi connectivity index (χ0v) is 17.4. The van der Waals surface area contributed by atoms with Crippen LogP contribution in [-0.4, -0.2) is 54.3 Å². The lowest BCUT2D eigenvalue weighted by Crippen LogP contribution is -2.44. The van der Waals surface area contributed by atoms with Gasteiger partial charge in [0.2, 0.25) is 5.91 Å². The summed E-state index contributed by atoms with van der Waals surface area (Å²) in [5, 5.41) is 3.04. The van der Waals surface area contributed by atoms with E-state index in [1.54, 1.807) is 0 Å². The molecule has 1 atom stereocenters. The molecule has 6 heteroatoms. The second-order valence-corrected chi connectivity index (χ2v) is 8.61. The first-order chi connectivity index (χ1) is 13.9. The summed E-state index contributed by atoms with van der Waals surface area (Å²) in [5.41, 5.74) is 1.60. The van der Waals surface area contributed by atoms with Crippen LogP contribution in [-0.2, 0) is 4.79 Å². The molecule has 0 aliphatic carbocycles. The molecule has 0 bridgehead atoms. The fourth-order valence-corrected chi connectivity index (χ4v) is 4.87. The third-order valence-corrected chi connectivity index (χ3v) is 6.47. The van der Waals surface area contributed by atoms with E-state index in [4.69, 9.17) is 4.42 Å². The van der Waals surface area contributed by atoms with Crippen molar-refractivity contribution in [1.82, 2.24) is 9.80 Å². The maximum Gasteiger partial charge on any atom is 0.257 e. The van der Waals surface area contributed by atoms with Gasteiger partial charge >= 0.3 is 0 Å². The molecule has 2 aliphatic rings. The van der Waals surface area contributed by atoms with Crippen LogP contribution in [0.1, 0.15) is 41.1 Å². The van der Waals surface area contributed by atoms with Gasteiger partial charge in [-0.1, -0.05) is 18.2 Å². The maximum atomic E-state index is 12.9. The average Bonchev–Trinajstić information content (AvgIpc) is 3.21. The van der Waals surface area contributed by atoms with Gasteiger partial charge in [-0.3, -0.25) is 14.5 Å². The van der Waals surface area contributed by atoms with E-state index in [1.165, 1.54) is 0 Å². The van der Waals surface area contributed by atoms with Crippen molar-refractivity contribution < 1.29 is 14.0 Å². The van der Waals surface area contributed by atoms with Gasteiger partial charge in [0.1, 0.15) is 11.5 Å². The highest BCUT2D eigenvalue weighted by Gasteiger charge is 2.47. The Morgan fingerprint density at radius 1 is 1.14 bits per heavy atom. The van der Waals surface area contributed by atoms with Crippen molar-refractivity contribution in [2.75, 3.05) is 32.0 Å². The van der Waals surface area contributed by atoms with E-state index < -0.39 is 0 Å². The number of furan rings is 1. The summed E-state index contributed by atoms with van der Waals surface area (Å²) in [5.74, 6) is 1.56. The first-order valence-electron chi connectivity index (χ1n) is 10.3. The molecule has 1 N–H and O–H groups in total. The lowest BCUT2D eigenvalue weighted by Gasteiger charge is -2.39. The largest absolute Gasteiger partial charge is 0.466 e. The molecule has 0 saturated carbocycles. The van der Waals surface area contributed by atoms with Gasteiger partial charge < -0.3 is 14.6 Å². The molecule has 6 nitrogen and oxygen atoms in total. The summed E-state index contributed by atoms with van der Waals surface area (Å²) in [6.45, 7) is 6.05. The van der Waals surface area contributed by atoms with Gasteiger partial charge in [0.15, 0.2) is 0 Å². The fraction of sp³-hybridized carbons (Fsp3) is 0.478. The van der Waals surface area contributed by atoms with Crippen molar-refractivity contribution >= 4 is 17.5 Å². The minimum atomic E-state index is -0.128. The summed E-state index contributed by atoms with van der Waals surface area (Å²) in [6.07, 6.45) is 2.69. The molecule has 29 heavy (non-hydrogen) atoms. The molecule has 4 rings (SSSR count). The number of aryl methyl sites for hydroxylation is 2. The molecule has 0 radical (unpaired) electrons. The molecule has 2 aliphatic heterocycles. The van der Waals surface area contributed by atoms with Crippen LogP contribution < -0.4 is 5.32 Å². The molecule has 1 spiro atoms. The minimum absolute atomic E-state index is 0.0542. The van der Waals surface area contributed by atoms with E-state index >= 15 is 0 Å². The van der Waals surface area contributed by atoms with E-state index in [1.807, 2.05) is 62.2 Å². The Bertz CT molecular complexity index is 897. The quantitative estimate of drug-likeness (QED) is 0.864. The molecule has 1 aromatic carbocycles. The number of hydrogen-bond acceptors (Lipinski definition) is 4. The Kier molecular flexibility index (Phi) is 5.21. The molecule has 2 fully saturated rings. The van der Waals surface area contributed by atoms with Gasteiger partial charge in [-0.15, -0.1) is 0 Å². The highest BCUT2D eigenvalue weighted by atomic mass is 16.3. The Morgan fingerprint density at radius 3 is 2.45 bits per heavy atom. The van der Waals surface area contributed by atoms with E-state index in [0.717, 1.165) is 50.3 Å². The lowest BCUT2D eigenvalue weighted by molar-refractivity contribution is -0.120. The standard InChI is InChI=1S/C23H29N3O3/c1-16-13-19(17(2)29-16)22(28)26-11-9-23(10-12-26)14-20(25(3)15-23)21(27)24-18-7-5-4-6-8-18/h4-8,13,20H,9-12,14-15H2,1-3H3,(H,24,27). The Morgan fingerprint density at radius 2 is 1.83 bits per heavy atom. The van der Waals surface area contributed by atoms with Crippen molar-refractivity contribution in [2.24, 2.45) is 5.41 Å². The number of nitrogens with zero attached hydrogens (tertiary/aromatic N) is 2. The number of para-hydroxylation sites is 1. The van der Waals surface area contributed by atoms with E-state index in [9.17, 15) is 9.59 Å². The summed E-state index contributed by atoms with van der Waals surface area (Å²) >= 11 is 0. The Balaban J connectivity index is 1.38. The molecule has 3 heterocycles. The van der Waals surface area contributed by atoms with Gasteiger partial charge in [-0.2, -0.15) is 0 Å². The molecule has 154 valence electrons. The van der Waals surface area contributed by atoms with Crippen LogP contribution in [0.25, 0.3) is 0 Å². The highest BCUT2D eigenvalue weighted by molar-refractivity contribution is 5.96. The predicted molar refractivity (Wildman–Crippen MR) is 112 cm³/mol. The van der Waals surface area contributed by atoms with Crippen LogP contribution in [0.4, 0.5) is 5.69 Å². The monoisotopic (exact) mass is 395 g/mol. The van der Waals surface area contributed by atoms with Crippen LogP contribution >= 0.6 is 0 Å². The molecule has 1 unspecified atom stereocenters.